The molecule has 0 bridgehead atoms. The molecule has 2 heterocycles. The maximum Gasteiger partial charge on any atom is 0.433 e. The molecule has 5 nitrogen and oxygen atoms in total. The van der Waals surface area contributed by atoms with E-state index in [4.69, 9.17) is 4.42 Å². The molecule has 1 N–H and O–H groups in total. The molecule has 2 aromatic rings. The number of alkyl halides is 3. The van der Waals surface area contributed by atoms with E-state index in [0.29, 0.717) is 16.1 Å². The Morgan fingerprint density at radius 1 is 1.36 bits per heavy atom. The van der Waals surface area contributed by atoms with Gasteiger partial charge in [-0.25, -0.2) is 4.21 Å². The first-order valence-electron chi connectivity index (χ1n) is 6.16. The molecule has 1 unspecified atom stereocenters. The molecule has 0 saturated carbocycles. The highest BCUT2D eigenvalue weighted by Gasteiger charge is 2.32. The Labute approximate surface area is 125 Å². The molecule has 0 amide bonds. The quantitative estimate of drug-likeness (QED) is 0.693. The van der Waals surface area contributed by atoms with Crippen LogP contribution in [0.1, 0.15) is 23.9 Å². The summed E-state index contributed by atoms with van der Waals surface area (Å²) in [6.45, 7) is 3.26. The summed E-state index contributed by atoms with van der Waals surface area (Å²) in [5, 5.41) is 0. The molecule has 0 radical (unpaired) electrons. The number of hydrogen-bond donors (Lipinski definition) is 1. The van der Waals surface area contributed by atoms with Gasteiger partial charge in [0.15, 0.2) is 0 Å². The van der Waals surface area contributed by atoms with Crippen molar-refractivity contribution in [2.45, 2.75) is 20.0 Å². The monoisotopic (exact) mass is 333 g/mol. The van der Waals surface area contributed by atoms with Gasteiger partial charge in [-0.1, -0.05) is 6.07 Å². The van der Waals surface area contributed by atoms with Crippen molar-refractivity contribution in [2.75, 3.05) is 11.0 Å². The molecule has 0 fully saturated rings. The maximum atomic E-state index is 12.6. The van der Waals surface area contributed by atoms with Crippen LogP contribution in [0.5, 0.6) is 0 Å². The van der Waals surface area contributed by atoms with Crippen LogP contribution in [0.4, 0.5) is 19.2 Å². The fourth-order valence-electron chi connectivity index (χ4n) is 1.64. The lowest BCUT2D eigenvalue weighted by Gasteiger charge is -2.12. The number of oxazole rings is 1. The molecule has 2 aromatic heterocycles. The molecule has 120 valence electrons. The van der Waals surface area contributed by atoms with Gasteiger partial charge in [0.25, 0.3) is 0 Å². The van der Waals surface area contributed by atoms with Gasteiger partial charge in [0.1, 0.15) is 12.0 Å². The largest absolute Gasteiger partial charge is 0.433 e. The summed E-state index contributed by atoms with van der Waals surface area (Å²) >= 11 is 0. The fourth-order valence-corrected chi connectivity index (χ4v) is 2.79. The highest BCUT2D eigenvalue weighted by molar-refractivity contribution is 8.03. The lowest BCUT2D eigenvalue weighted by Crippen LogP contribution is -2.20. The molecule has 0 aliphatic rings. The smallest absolute Gasteiger partial charge is 0.431 e. The van der Waals surface area contributed by atoms with Crippen LogP contribution in [-0.2, 0) is 15.9 Å². The van der Waals surface area contributed by atoms with Gasteiger partial charge < -0.3 is 4.42 Å². The number of rotatable bonds is 3. The second kappa shape index (κ2) is 5.64. The van der Waals surface area contributed by atoms with Crippen LogP contribution in [0.15, 0.2) is 29.0 Å². The van der Waals surface area contributed by atoms with Crippen LogP contribution in [0, 0.1) is 6.92 Å². The van der Waals surface area contributed by atoms with E-state index in [9.17, 15) is 17.4 Å². The summed E-state index contributed by atoms with van der Waals surface area (Å²) in [6.07, 6.45) is -0.649. The summed E-state index contributed by atoms with van der Waals surface area (Å²) in [5.41, 5.74) is -0.0363. The van der Waals surface area contributed by atoms with Crippen molar-refractivity contribution in [1.29, 1.82) is 0 Å². The molecule has 0 saturated heterocycles. The van der Waals surface area contributed by atoms with Gasteiger partial charge >= 0.3 is 12.2 Å². The zero-order chi connectivity index (χ0) is 16.5. The van der Waals surface area contributed by atoms with Crippen molar-refractivity contribution >= 4 is 20.6 Å². The highest BCUT2D eigenvalue weighted by Crippen LogP contribution is 2.27. The van der Waals surface area contributed by atoms with Gasteiger partial charge in [0.05, 0.1) is 15.4 Å². The minimum atomic E-state index is -4.51. The van der Waals surface area contributed by atoms with Crippen LogP contribution in [0.3, 0.4) is 0 Å². The predicted octanol–water partition coefficient (Wildman–Crippen LogP) is 2.88. The Kier molecular flexibility index (Phi) is 4.19. The fraction of sp³-hybridized carbons (Fsp3) is 0.308. The number of anilines is 1. The molecule has 1 atom stereocenters. The molecule has 2 rings (SSSR count). The zero-order valence-corrected chi connectivity index (χ0v) is 12.9. The van der Waals surface area contributed by atoms with E-state index in [1.165, 1.54) is 18.6 Å². The van der Waals surface area contributed by atoms with Crippen molar-refractivity contribution in [1.82, 2.24) is 9.97 Å². The number of aromatic nitrogens is 2. The molecule has 0 aromatic carbocycles. The maximum absolute atomic E-state index is 12.6. The van der Waals surface area contributed by atoms with Crippen LogP contribution in [0.25, 0.3) is 0 Å². The average Bonchev–Trinajstić information content (AvgIpc) is 2.81. The van der Waals surface area contributed by atoms with Gasteiger partial charge in [0, 0.05) is 22.9 Å². The predicted molar refractivity (Wildman–Crippen MR) is 78.0 cm³/mol. The summed E-state index contributed by atoms with van der Waals surface area (Å²) < 4.78 is 57.8. The first-order chi connectivity index (χ1) is 10.1. The van der Waals surface area contributed by atoms with Crippen molar-refractivity contribution < 1.29 is 21.8 Å². The lowest BCUT2D eigenvalue weighted by molar-refractivity contribution is -0.141. The minimum absolute atomic E-state index is 0.0872. The van der Waals surface area contributed by atoms with E-state index in [-0.39, 0.29) is 6.01 Å². The van der Waals surface area contributed by atoms with Crippen LogP contribution < -0.4 is 4.72 Å². The Hall–Kier alpha value is -2.03. The SMILES string of the molecule is CC(c1ccc(C(F)(F)F)nc1)=S(C)(=O)Nc1nc(C)co1. The third kappa shape index (κ3) is 3.59. The van der Waals surface area contributed by atoms with E-state index in [1.807, 2.05) is 0 Å². The summed E-state index contributed by atoms with van der Waals surface area (Å²) in [4.78, 5) is 7.69. The topological polar surface area (TPSA) is 68.0 Å². The number of pyridine rings is 1. The highest BCUT2D eigenvalue weighted by atomic mass is 32.2. The Bertz CT molecular complexity index is 788. The Balaban J connectivity index is 2.35. The van der Waals surface area contributed by atoms with Gasteiger partial charge in [-0.3, -0.25) is 9.71 Å². The van der Waals surface area contributed by atoms with Crippen molar-refractivity contribution in [3.8, 4) is 0 Å². The van der Waals surface area contributed by atoms with E-state index >= 15 is 0 Å². The number of nitrogens with one attached hydrogen (secondary N) is 1. The molecule has 22 heavy (non-hydrogen) atoms. The van der Waals surface area contributed by atoms with E-state index in [2.05, 4.69) is 14.7 Å². The zero-order valence-electron chi connectivity index (χ0n) is 12.1. The second-order valence-electron chi connectivity index (χ2n) is 4.73. The standard InChI is InChI=1S/C13H14F3N3O2S/c1-8-7-21-12(18-8)19-22(3,20)9(2)10-4-5-11(17-6-10)13(14,15)16/h4-7H,1-3H3,(H,18,19,20). The number of halogens is 3. The van der Waals surface area contributed by atoms with Gasteiger partial charge in [-0.15, -0.1) is 0 Å². The van der Waals surface area contributed by atoms with Crippen molar-refractivity contribution in [2.24, 2.45) is 0 Å². The Morgan fingerprint density at radius 2 is 2.05 bits per heavy atom. The summed E-state index contributed by atoms with van der Waals surface area (Å²) in [5.74, 6) is 0. The lowest BCUT2D eigenvalue weighted by atomic mass is 10.2. The first kappa shape index (κ1) is 16.3. The number of aryl methyl sites for hydroxylation is 1. The first-order valence-corrected chi connectivity index (χ1v) is 8.12. The van der Waals surface area contributed by atoms with Crippen LogP contribution >= 0.6 is 0 Å². The number of hydrogen-bond acceptors (Lipinski definition) is 4. The van der Waals surface area contributed by atoms with Crippen molar-refractivity contribution in [3.05, 3.63) is 41.5 Å². The molecule has 0 aliphatic heterocycles. The molecular weight excluding hydrogens is 319 g/mol. The van der Waals surface area contributed by atoms with Gasteiger partial charge in [0.2, 0.25) is 0 Å². The minimum Gasteiger partial charge on any atom is -0.431 e. The normalized spacial score (nSPS) is 14.5. The second-order valence-corrected chi connectivity index (χ2v) is 7.23. The van der Waals surface area contributed by atoms with Crippen molar-refractivity contribution in [3.63, 3.8) is 0 Å². The third-order valence-corrected chi connectivity index (χ3v) is 4.91. The summed E-state index contributed by atoms with van der Waals surface area (Å²) in [6, 6.07) is 2.17. The van der Waals surface area contributed by atoms with Crippen LogP contribution in [0.2, 0.25) is 0 Å². The van der Waals surface area contributed by atoms with Gasteiger partial charge in [-0.2, -0.15) is 18.2 Å². The number of nitrogens with zero attached hydrogens (tertiary/aromatic N) is 2. The molecule has 0 aliphatic carbocycles. The van der Waals surface area contributed by atoms with E-state index < -0.39 is 21.6 Å². The Morgan fingerprint density at radius 3 is 2.50 bits per heavy atom. The molecular formula is C13H14F3N3O2S. The van der Waals surface area contributed by atoms with Crippen LogP contribution in [-0.4, -0.2) is 25.3 Å². The van der Waals surface area contributed by atoms with Gasteiger partial charge in [-0.05, 0) is 19.9 Å². The molecule has 0 spiro atoms. The third-order valence-electron chi connectivity index (χ3n) is 2.95. The average molecular weight is 333 g/mol. The summed E-state index contributed by atoms with van der Waals surface area (Å²) in [7, 11) is -2.76. The molecule has 9 heteroatoms. The van der Waals surface area contributed by atoms with E-state index in [1.54, 1.807) is 13.8 Å². The van der Waals surface area contributed by atoms with E-state index in [0.717, 1.165) is 12.3 Å².